The number of amides is 1. The van der Waals surface area contributed by atoms with Crippen LogP contribution in [0.4, 0.5) is 5.69 Å². The second-order valence-electron chi connectivity index (χ2n) is 4.86. The van der Waals surface area contributed by atoms with E-state index in [0.717, 1.165) is 11.3 Å². The molecule has 1 amide bonds. The van der Waals surface area contributed by atoms with Gasteiger partial charge >= 0.3 is 0 Å². The molecular weight excluding hydrogens is 228 g/mol. The van der Waals surface area contributed by atoms with Crippen LogP contribution in [-0.4, -0.2) is 17.7 Å². The number of ketones is 1. The molecular formula is C14H18N2O2. The van der Waals surface area contributed by atoms with Gasteiger partial charge in [0.15, 0.2) is 5.78 Å². The molecule has 4 nitrogen and oxygen atoms in total. The van der Waals surface area contributed by atoms with Crippen molar-refractivity contribution >= 4 is 17.4 Å². The third-order valence-corrected chi connectivity index (χ3v) is 3.15. The number of nitrogens with one attached hydrogen (secondary N) is 1. The lowest BCUT2D eigenvalue weighted by atomic mass is 9.97. The summed E-state index contributed by atoms with van der Waals surface area (Å²) >= 11 is 0. The number of Topliss-reactive ketones (excluding diaryl/α,β-unsaturated/α-hetero) is 1. The molecule has 1 atom stereocenters. The van der Waals surface area contributed by atoms with E-state index < -0.39 is 0 Å². The normalized spacial score (nSPS) is 15.8. The Bertz CT molecular complexity index is 481. The number of fused-ring (bicyclic) bond motifs is 1. The molecule has 1 aliphatic rings. The van der Waals surface area contributed by atoms with E-state index in [-0.39, 0.29) is 17.7 Å². The summed E-state index contributed by atoms with van der Waals surface area (Å²) in [6, 6.07) is 5.52. The lowest BCUT2D eigenvalue weighted by Crippen LogP contribution is -2.19. The van der Waals surface area contributed by atoms with E-state index in [0.29, 0.717) is 31.2 Å². The molecule has 0 saturated heterocycles. The highest BCUT2D eigenvalue weighted by atomic mass is 16.1. The fraction of sp³-hybridized carbons (Fsp3) is 0.429. The monoisotopic (exact) mass is 246 g/mol. The molecule has 1 aromatic carbocycles. The number of carbonyl (C=O) groups is 2. The van der Waals surface area contributed by atoms with E-state index in [1.165, 1.54) is 0 Å². The maximum absolute atomic E-state index is 12.0. The van der Waals surface area contributed by atoms with E-state index in [2.05, 4.69) is 5.32 Å². The molecule has 1 heterocycles. The van der Waals surface area contributed by atoms with Crippen molar-refractivity contribution in [3.05, 3.63) is 29.3 Å². The van der Waals surface area contributed by atoms with Crippen LogP contribution in [-0.2, 0) is 11.2 Å². The van der Waals surface area contributed by atoms with Crippen molar-refractivity contribution < 1.29 is 9.59 Å². The van der Waals surface area contributed by atoms with Gasteiger partial charge in [-0.15, -0.1) is 0 Å². The minimum Gasteiger partial charge on any atom is -0.328 e. The average Bonchev–Trinajstić information content (AvgIpc) is 2.35. The molecule has 0 fully saturated rings. The maximum Gasteiger partial charge on any atom is 0.224 e. The largest absolute Gasteiger partial charge is 0.328 e. The molecule has 18 heavy (non-hydrogen) atoms. The van der Waals surface area contributed by atoms with Gasteiger partial charge in [0.2, 0.25) is 5.91 Å². The van der Waals surface area contributed by atoms with E-state index in [1.807, 2.05) is 19.1 Å². The fourth-order valence-corrected chi connectivity index (χ4v) is 2.06. The third kappa shape index (κ3) is 2.96. The summed E-state index contributed by atoms with van der Waals surface area (Å²) in [5, 5.41) is 2.81. The molecule has 96 valence electrons. The first kappa shape index (κ1) is 12.8. The van der Waals surface area contributed by atoms with Gasteiger partial charge in [0.1, 0.15) is 0 Å². The SMILES string of the molecule is CC(N)CCC(=O)c1ccc2c(c1)CCC(=O)N2. The summed E-state index contributed by atoms with van der Waals surface area (Å²) in [5.41, 5.74) is 8.23. The van der Waals surface area contributed by atoms with Crippen molar-refractivity contribution in [3.63, 3.8) is 0 Å². The summed E-state index contributed by atoms with van der Waals surface area (Å²) in [7, 11) is 0. The van der Waals surface area contributed by atoms with Crippen LogP contribution in [0.25, 0.3) is 0 Å². The van der Waals surface area contributed by atoms with E-state index in [1.54, 1.807) is 6.07 Å². The number of anilines is 1. The van der Waals surface area contributed by atoms with Gasteiger partial charge in [-0.25, -0.2) is 0 Å². The molecule has 0 saturated carbocycles. The number of benzene rings is 1. The Morgan fingerprint density at radius 3 is 2.94 bits per heavy atom. The first-order valence-electron chi connectivity index (χ1n) is 6.28. The van der Waals surface area contributed by atoms with Crippen LogP contribution in [0.3, 0.4) is 0 Å². The van der Waals surface area contributed by atoms with Gasteiger partial charge in [-0.3, -0.25) is 9.59 Å². The van der Waals surface area contributed by atoms with Crippen LogP contribution in [0.2, 0.25) is 0 Å². The summed E-state index contributed by atoms with van der Waals surface area (Å²) < 4.78 is 0. The van der Waals surface area contributed by atoms with Crippen molar-refractivity contribution in [2.45, 2.75) is 38.6 Å². The van der Waals surface area contributed by atoms with Gasteiger partial charge in [0.25, 0.3) is 0 Å². The topological polar surface area (TPSA) is 72.2 Å². The van der Waals surface area contributed by atoms with Crippen LogP contribution >= 0.6 is 0 Å². The van der Waals surface area contributed by atoms with Crippen LogP contribution in [0.5, 0.6) is 0 Å². The minimum atomic E-state index is 0.0403. The minimum absolute atomic E-state index is 0.0403. The van der Waals surface area contributed by atoms with Crippen molar-refractivity contribution in [2.75, 3.05) is 5.32 Å². The average molecular weight is 246 g/mol. The Balaban J connectivity index is 2.11. The zero-order valence-electron chi connectivity index (χ0n) is 10.5. The molecule has 0 aliphatic carbocycles. The molecule has 0 bridgehead atoms. The number of hydrogen-bond donors (Lipinski definition) is 2. The Hall–Kier alpha value is -1.68. The van der Waals surface area contributed by atoms with Gasteiger partial charge in [-0.1, -0.05) is 0 Å². The molecule has 1 unspecified atom stereocenters. The van der Waals surface area contributed by atoms with E-state index in [9.17, 15) is 9.59 Å². The first-order chi connectivity index (χ1) is 8.56. The lowest BCUT2D eigenvalue weighted by Gasteiger charge is -2.17. The van der Waals surface area contributed by atoms with Crippen molar-refractivity contribution in [1.82, 2.24) is 0 Å². The summed E-state index contributed by atoms with van der Waals surface area (Å²) in [6.07, 6.45) is 2.37. The number of nitrogens with two attached hydrogens (primary N) is 1. The van der Waals surface area contributed by atoms with Crippen molar-refractivity contribution in [3.8, 4) is 0 Å². The third-order valence-electron chi connectivity index (χ3n) is 3.15. The molecule has 0 radical (unpaired) electrons. The van der Waals surface area contributed by atoms with Gasteiger partial charge in [-0.05, 0) is 43.5 Å². The van der Waals surface area contributed by atoms with Gasteiger partial charge in [0, 0.05) is 30.1 Å². The molecule has 1 aromatic rings. The zero-order chi connectivity index (χ0) is 13.1. The first-order valence-corrected chi connectivity index (χ1v) is 6.28. The number of hydrogen-bond acceptors (Lipinski definition) is 3. The molecule has 0 spiro atoms. The van der Waals surface area contributed by atoms with Crippen molar-refractivity contribution in [1.29, 1.82) is 0 Å². The molecule has 3 N–H and O–H groups in total. The Labute approximate surface area is 107 Å². The standard InChI is InChI=1S/C14H18N2O2/c1-9(15)2-6-13(17)11-3-5-12-10(8-11)4-7-14(18)16-12/h3,5,8-9H,2,4,6-7,15H2,1H3,(H,16,18). The molecule has 4 heteroatoms. The number of aryl methyl sites for hydroxylation is 1. The lowest BCUT2D eigenvalue weighted by molar-refractivity contribution is -0.116. The number of rotatable bonds is 4. The summed E-state index contributed by atoms with van der Waals surface area (Å²) in [4.78, 5) is 23.2. The predicted octanol–water partition coefficient (Wildman–Crippen LogP) is 1.88. The van der Waals surface area contributed by atoms with Crippen LogP contribution < -0.4 is 11.1 Å². The quantitative estimate of drug-likeness (QED) is 0.797. The van der Waals surface area contributed by atoms with Gasteiger partial charge < -0.3 is 11.1 Å². The maximum atomic E-state index is 12.0. The van der Waals surface area contributed by atoms with Crippen LogP contribution in [0.1, 0.15) is 42.1 Å². The molecule has 0 aromatic heterocycles. The Kier molecular flexibility index (Phi) is 3.77. The Morgan fingerprint density at radius 1 is 1.44 bits per heavy atom. The highest BCUT2D eigenvalue weighted by Crippen LogP contribution is 2.24. The highest BCUT2D eigenvalue weighted by molar-refractivity contribution is 5.98. The van der Waals surface area contributed by atoms with Crippen molar-refractivity contribution in [2.24, 2.45) is 5.73 Å². The van der Waals surface area contributed by atoms with Crippen LogP contribution in [0.15, 0.2) is 18.2 Å². The fourth-order valence-electron chi connectivity index (χ4n) is 2.06. The Morgan fingerprint density at radius 2 is 2.22 bits per heavy atom. The van der Waals surface area contributed by atoms with E-state index >= 15 is 0 Å². The summed E-state index contributed by atoms with van der Waals surface area (Å²) in [5.74, 6) is 0.158. The van der Waals surface area contributed by atoms with E-state index in [4.69, 9.17) is 5.73 Å². The van der Waals surface area contributed by atoms with Gasteiger partial charge in [0.05, 0.1) is 0 Å². The highest BCUT2D eigenvalue weighted by Gasteiger charge is 2.16. The van der Waals surface area contributed by atoms with Gasteiger partial charge in [-0.2, -0.15) is 0 Å². The predicted molar refractivity (Wildman–Crippen MR) is 70.6 cm³/mol. The molecule has 1 aliphatic heterocycles. The zero-order valence-corrected chi connectivity index (χ0v) is 10.5. The summed E-state index contributed by atoms with van der Waals surface area (Å²) in [6.45, 7) is 1.90. The van der Waals surface area contributed by atoms with Crippen LogP contribution in [0, 0.1) is 0 Å². The number of carbonyl (C=O) groups excluding carboxylic acids is 2. The molecule has 2 rings (SSSR count). The second-order valence-corrected chi connectivity index (χ2v) is 4.86. The second kappa shape index (κ2) is 5.31. The smallest absolute Gasteiger partial charge is 0.224 e.